The molecule has 0 saturated carbocycles. The molecular weight excluding hydrogens is 310 g/mol. The van der Waals surface area contributed by atoms with Crippen LogP contribution in [0.25, 0.3) is 0 Å². The average Bonchev–Trinajstić information content (AvgIpc) is 2.90. The molecule has 2 rings (SSSR count). The van der Waals surface area contributed by atoms with Crippen molar-refractivity contribution in [3.05, 3.63) is 50.7 Å². The van der Waals surface area contributed by atoms with Gasteiger partial charge in [-0.25, -0.2) is 0 Å². The Morgan fingerprint density at radius 1 is 1.38 bits per heavy atom. The molecule has 1 heterocycles. The summed E-state index contributed by atoms with van der Waals surface area (Å²) in [6.45, 7) is 0.0916. The Morgan fingerprint density at radius 2 is 2.19 bits per heavy atom. The Kier molecular flexibility index (Phi) is 5.23. The third-order valence-corrected chi connectivity index (χ3v) is 3.82. The van der Waals surface area contributed by atoms with Gasteiger partial charge in [0.05, 0.1) is 12.1 Å². The topological polar surface area (TPSA) is 69.6 Å². The van der Waals surface area contributed by atoms with Gasteiger partial charge in [0.25, 0.3) is 5.91 Å². The molecule has 0 aliphatic carbocycles. The third-order valence-electron chi connectivity index (χ3n) is 2.66. The lowest BCUT2D eigenvalue weighted by atomic mass is 10.2. The van der Waals surface area contributed by atoms with Crippen molar-refractivity contribution in [3.63, 3.8) is 0 Å². The van der Waals surface area contributed by atoms with Crippen molar-refractivity contribution in [2.24, 2.45) is 0 Å². The highest BCUT2D eigenvalue weighted by Crippen LogP contribution is 2.22. The van der Waals surface area contributed by atoms with E-state index in [0.29, 0.717) is 11.6 Å². The SMILES string of the molecule is O=C(NCc1sccc1C#CCO)c1ccc(Cl)cc1O. The molecule has 0 aliphatic heterocycles. The molecule has 1 aromatic heterocycles. The lowest BCUT2D eigenvalue weighted by Gasteiger charge is -2.06. The van der Waals surface area contributed by atoms with Crippen molar-refractivity contribution >= 4 is 28.8 Å². The first kappa shape index (κ1) is 15.4. The number of aromatic hydroxyl groups is 1. The first-order valence-electron chi connectivity index (χ1n) is 6.04. The number of thiophene rings is 1. The molecule has 108 valence electrons. The summed E-state index contributed by atoms with van der Waals surface area (Å²) in [6, 6.07) is 6.15. The molecule has 0 aliphatic rings. The second kappa shape index (κ2) is 7.14. The van der Waals surface area contributed by atoms with Crippen LogP contribution in [-0.4, -0.2) is 22.7 Å². The maximum absolute atomic E-state index is 12.0. The van der Waals surface area contributed by atoms with Gasteiger partial charge in [-0.1, -0.05) is 23.4 Å². The molecular formula is C15H12ClNO3S. The quantitative estimate of drug-likeness (QED) is 0.760. The van der Waals surface area contributed by atoms with Crippen LogP contribution in [0.5, 0.6) is 5.75 Å². The van der Waals surface area contributed by atoms with Crippen LogP contribution in [0.3, 0.4) is 0 Å². The van der Waals surface area contributed by atoms with Crippen LogP contribution in [-0.2, 0) is 6.54 Å². The standard InChI is InChI=1S/C15H12ClNO3S/c16-11-3-4-12(13(19)8-11)15(20)17-9-14-10(2-1-6-18)5-7-21-14/h3-5,7-8,18-19H,6,9H2,(H,17,20). The van der Waals surface area contributed by atoms with Crippen LogP contribution >= 0.6 is 22.9 Å². The van der Waals surface area contributed by atoms with Gasteiger partial charge in [-0.15, -0.1) is 11.3 Å². The molecule has 1 amide bonds. The minimum atomic E-state index is -0.390. The van der Waals surface area contributed by atoms with E-state index in [4.69, 9.17) is 16.7 Å². The van der Waals surface area contributed by atoms with Crippen molar-refractivity contribution in [3.8, 4) is 17.6 Å². The highest BCUT2D eigenvalue weighted by atomic mass is 35.5. The van der Waals surface area contributed by atoms with Gasteiger partial charge in [0, 0.05) is 15.5 Å². The summed E-state index contributed by atoms with van der Waals surface area (Å²) >= 11 is 7.18. The zero-order valence-electron chi connectivity index (χ0n) is 10.9. The zero-order chi connectivity index (χ0) is 15.2. The van der Waals surface area contributed by atoms with Crippen LogP contribution in [0.1, 0.15) is 20.8 Å². The molecule has 4 nitrogen and oxygen atoms in total. The van der Waals surface area contributed by atoms with Gasteiger partial charge < -0.3 is 15.5 Å². The van der Waals surface area contributed by atoms with E-state index < -0.39 is 5.91 Å². The first-order valence-corrected chi connectivity index (χ1v) is 7.30. The van der Waals surface area contributed by atoms with Crippen LogP contribution in [0.15, 0.2) is 29.6 Å². The lowest BCUT2D eigenvalue weighted by Crippen LogP contribution is -2.22. The van der Waals surface area contributed by atoms with E-state index in [1.807, 2.05) is 11.4 Å². The molecule has 0 bridgehead atoms. The van der Waals surface area contributed by atoms with E-state index in [-0.39, 0.29) is 17.9 Å². The predicted molar refractivity (Wildman–Crippen MR) is 82.6 cm³/mol. The highest BCUT2D eigenvalue weighted by molar-refractivity contribution is 7.10. The van der Waals surface area contributed by atoms with Gasteiger partial charge in [-0.2, -0.15) is 0 Å². The lowest BCUT2D eigenvalue weighted by molar-refractivity contribution is 0.0948. The summed E-state index contributed by atoms with van der Waals surface area (Å²) in [5.74, 6) is 4.84. The van der Waals surface area contributed by atoms with Crippen molar-refractivity contribution in [2.75, 3.05) is 6.61 Å². The Morgan fingerprint density at radius 3 is 2.90 bits per heavy atom. The van der Waals surface area contributed by atoms with E-state index in [1.165, 1.54) is 23.5 Å². The van der Waals surface area contributed by atoms with E-state index in [0.717, 1.165) is 10.4 Å². The van der Waals surface area contributed by atoms with E-state index >= 15 is 0 Å². The Hall–Kier alpha value is -2.00. The molecule has 2 aromatic rings. The molecule has 3 N–H and O–H groups in total. The maximum Gasteiger partial charge on any atom is 0.255 e. The number of benzene rings is 1. The molecule has 0 atom stereocenters. The first-order chi connectivity index (χ1) is 10.1. The fraction of sp³-hybridized carbons (Fsp3) is 0.133. The predicted octanol–water partition coefficient (Wildman–Crippen LogP) is 2.38. The number of aliphatic hydroxyl groups excluding tert-OH is 1. The summed E-state index contributed by atoms with van der Waals surface area (Å²) < 4.78 is 0. The molecule has 6 heteroatoms. The second-order valence-corrected chi connectivity index (χ2v) is 5.50. The maximum atomic E-state index is 12.0. The number of aliphatic hydroxyl groups is 1. The number of carbonyl (C=O) groups is 1. The van der Waals surface area contributed by atoms with E-state index in [2.05, 4.69) is 17.2 Å². The number of amides is 1. The monoisotopic (exact) mass is 321 g/mol. The molecule has 0 unspecified atom stereocenters. The Balaban J connectivity index is 2.06. The van der Waals surface area contributed by atoms with E-state index in [1.54, 1.807) is 6.07 Å². The molecule has 0 radical (unpaired) electrons. The summed E-state index contributed by atoms with van der Waals surface area (Å²) in [4.78, 5) is 12.9. The zero-order valence-corrected chi connectivity index (χ0v) is 12.5. The normalized spacial score (nSPS) is 9.81. The summed E-state index contributed by atoms with van der Waals surface area (Å²) in [7, 11) is 0. The molecule has 0 spiro atoms. The summed E-state index contributed by atoms with van der Waals surface area (Å²) in [5.41, 5.74) is 0.939. The van der Waals surface area contributed by atoms with Crippen molar-refractivity contribution in [2.45, 2.75) is 6.54 Å². The van der Waals surface area contributed by atoms with Gasteiger partial charge in [0.1, 0.15) is 12.4 Å². The molecule has 21 heavy (non-hydrogen) atoms. The minimum absolute atomic E-state index is 0.161. The van der Waals surface area contributed by atoms with Crippen LogP contribution in [0.4, 0.5) is 0 Å². The number of phenols is 1. The third kappa shape index (κ3) is 3.99. The van der Waals surface area contributed by atoms with Gasteiger partial charge in [0.15, 0.2) is 0 Å². The van der Waals surface area contributed by atoms with Crippen molar-refractivity contribution in [1.29, 1.82) is 0 Å². The number of hydrogen-bond donors (Lipinski definition) is 3. The van der Waals surface area contributed by atoms with E-state index in [9.17, 15) is 9.90 Å². The second-order valence-electron chi connectivity index (χ2n) is 4.06. The number of phenolic OH excluding ortho intramolecular Hbond substituents is 1. The van der Waals surface area contributed by atoms with Crippen LogP contribution < -0.4 is 5.32 Å². The largest absolute Gasteiger partial charge is 0.507 e. The summed E-state index contributed by atoms with van der Waals surface area (Å²) in [5, 5.41) is 23.3. The fourth-order valence-corrected chi connectivity index (χ4v) is 2.61. The number of nitrogens with one attached hydrogen (secondary N) is 1. The number of carbonyl (C=O) groups excluding carboxylic acids is 1. The van der Waals surface area contributed by atoms with Crippen LogP contribution in [0.2, 0.25) is 5.02 Å². The molecule has 1 aromatic carbocycles. The van der Waals surface area contributed by atoms with Gasteiger partial charge in [-0.05, 0) is 29.6 Å². The Labute approximate surface area is 131 Å². The highest BCUT2D eigenvalue weighted by Gasteiger charge is 2.12. The number of hydrogen-bond acceptors (Lipinski definition) is 4. The van der Waals surface area contributed by atoms with Crippen molar-refractivity contribution < 1.29 is 15.0 Å². The minimum Gasteiger partial charge on any atom is -0.507 e. The average molecular weight is 322 g/mol. The molecule has 0 fully saturated rings. The smallest absolute Gasteiger partial charge is 0.255 e. The van der Waals surface area contributed by atoms with Gasteiger partial charge >= 0.3 is 0 Å². The summed E-state index contributed by atoms with van der Waals surface area (Å²) in [6.07, 6.45) is 0. The number of rotatable bonds is 3. The number of halogens is 1. The van der Waals surface area contributed by atoms with Crippen LogP contribution in [0, 0.1) is 11.8 Å². The van der Waals surface area contributed by atoms with Gasteiger partial charge in [0.2, 0.25) is 0 Å². The van der Waals surface area contributed by atoms with Gasteiger partial charge in [-0.3, -0.25) is 4.79 Å². The van der Waals surface area contributed by atoms with Crippen molar-refractivity contribution in [1.82, 2.24) is 5.32 Å². The molecule has 0 saturated heterocycles. The Bertz CT molecular complexity index is 715. The fourth-order valence-electron chi connectivity index (χ4n) is 1.68.